The van der Waals surface area contributed by atoms with Gasteiger partial charge in [-0.25, -0.2) is 0 Å². The third-order valence-electron chi connectivity index (χ3n) is 3.43. The number of benzene rings is 1. The van der Waals surface area contributed by atoms with E-state index in [-0.39, 0.29) is 5.91 Å². The molecule has 0 saturated carbocycles. The number of methoxy groups -OCH3 is 3. The zero-order valence-electron chi connectivity index (χ0n) is 14.0. The first kappa shape index (κ1) is 18.1. The first-order valence-electron chi connectivity index (χ1n) is 7.51. The summed E-state index contributed by atoms with van der Waals surface area (Å²) < 4.78 is 16.0. The van der Waals surface area contributed by atoms with Crippen LogP contribution in [0.2, 0.25) is 0 Å². The predicted octanol–water partition coefficient (Wildman–Crippen LogP) is 2.29. The molecule has 7 heteroatoms. The molecule has 1 amide bonds. The lowest BCUT2D eigenvalue weighted by atomic mass is 10.1. The number of nitrogens with one attached hydrogen (secondary N) is 2. The van der Waals surface area contributed by atoms with Crippen LogP contribution in [0.3, 0.4) is 0 Å². The van der Waals surface area contributed by atoms with E-state index in [4.69, 9.17) is 14.2 Å². The summed E-state index contributed by atoms with van der Waals surface area (Å²) in [5, 5.41) is 8.04. The van der Waals surface area contributed by atoms with Crippen LogP contribution < -0.4 is 24.8 Å². The highest BCUT2D eigenvalue weighted by atomic mass is 32.1. The average Bonchev–Trinajstić information content (AvgIpc) is 3.15. The van der Waals surface area contributed by atoms with Crippen LogP contribution in [0.4, 0.5) is 0 Å². The monoisotopic (exact) mass is 350 g/mol. The van der Waals surface area contributed by atoms with Crippen molar-refractivity contribution in [2.75, 3.05) is 34.4 Å². The quantitative estimate of drug-likeness (QED) is 0.679. The van der Waals surface area contributed by atoms with Crippen LogP contribution in [0.1, 0.15) is 15.2 Å². The molecule has 0 aliphatic heterocycles. The second-order valence-corrected chi connectivity index (χ2v) is 5.88. The zero-order chi connectivity index (χ0) is 17.4. The number of amides is 1. The third-order valence-corrected chi connectivity index (χ3v) is 4.30. The molecule has 0 fully saturated rings. The van der Waals surface area contributed by atoms with Crippen LogP contribution in [0, 0.1) is 0 Å². The molecule has 1 aromatic carbocycles. The molecule has 2 N–H and O–H groups in total. The van der Waals surface area contributed by atoms with Crippen molar-refractivity contribution in [2.24, 2.45) is 0 Å². The van der Waals surface area contributed by atoms with E-state index >= 15 is 0 Å². The Morgan fingerprint density at radius 1 is 1.04 bits per heavy atom. The average molecular weight is 350 g/mol. The van der Waals surface area contributed by atoms with Crippen molar-refractivity contribution in [2.45, 2.75) is 6.54 Å². The molecule has 1 aromatic heterocycles. The van der Waals surface area contributed by atoms with E-state index in [1.54, 1.807) is 27.4 Å². The van der Waals surface area contributed by atoms with Gasteiger partial charge in [0.25, 0.3) is 5.91 Å². The van der Waals surface area contributed by atoms with Crippen molar-refractivity contribution in [3.05, 3.63) is 40.1 Å². The molecule has 0 aliphatic carbocycles. The molecule has 0 aliphatic rings. The van der Waals surface area contributed by atoms with Crippen molar-refractivity contribution >= 4 is 17.2 Å². The van der Waals surface area contributed by atoms with Crippen LogP contribution in [0.15, 0.2) is 29.6 Å². The lowest BCUT2D eigenvalue weighted by Gasteiger charge is -2.14. The Labute approximate surface area is 145 Å². The summed E-state index contributed by atoms with van der Waals surface area (Å²) in [5.41, 5.74) is 0.958. The maximum atomic E-state index is 11.8. The van der Waals surface area contributed by atoms with Crippen molar-refractivity contribution in [1.82, 2.24) is 10.6 Å². The maximum absolute atomic E-state index is 11.8. The minimum absolute atomic E-state index is 0.0458. The normalized spacial score (nSPS) is 10.3. The molecule has 0 spiro atoms. The first-order valence-corrected chi connectivity index (χ1v) is 8.38. The summed E-state index contributed by atoms with van der Waals surface area (Å²) in [7, 11) is 4.80. The van der Waals surface area contributed by atoms with Crippen LogP contribution in [-0.4, -0.2) is 40.3 Å². The highest BCUT2D eigenvalue weighted by Gasteiger charge is 2.11. The molecular weight excluding hydrogens is 328 g/mol. The standard InChI is InChI=1S/C17H22N2O4S/c1-21-13-10-15(23-3)14(22-2)9-12(13)11-18-6-7-19-17(20)16-5-4-8-24-16/h4-5,8-10,18H,6-7,11H2,1-3H3,(H,19,20). The topological polar surface area (TPSA) is 68.8 Å². The van der Waals surface area contributed by atoms with E-state index in [0.29, 0.717) is 31.1 Å². The third kappa shape index (κ3) is 4.62. The van der Waals surface area contributed by atoms with E-state index in [1.807, 2.05) is 23.6 Å². The van der Waals surface area contributed by atoms with E-state index < -0.39 is 0 Å². The minimum Gasteiger partial charge on any atom is -0.496 e. The van der Waals surface area contributed by atoms with E-state index in [0.717, 1.165) is 16.2 Å². The molecule has 0 bridgehead atoms. The largest absolute Gasteiger partial charge is 0.496 e. The zero-order valence-corrected chi connectivity index (χ0v) is 14.9. The van der Waals surface area contributed by atoms with E-state index in [1.165, 1.54) is 11.3 Å². The summed E-state index contributed by atoms with van der Waals surface area (Å²) in [5.74, 6) is 1.96. The molecule has 0 saturated heterocycles. The number of carbonyl (C=O) groups excluding carboxylic acids is 1. The van der Waals surface area contributed by atoms with Crippen LogP contribution in [0.25, 0.3) is 0 Å². The fraction of sp³-hybridized carbons (Fsp3) is 0.353. The molecule has 0 radical (unpaired) electrons. The fourth-order valence-corrected chi connectivity index (χ4v) is 2.85. The number of hydrogen-bond donors (Lipinski definition) is 2. The number of ether oxygens (including phenoxy) is 3. The summed E-state index contributed by atoms with van der Waals surface area (Å²) in [6.45, 7) is 1.79. The van der Waals surface area contributed by atoms with Gasteiger partial charge in [-0.15, -0.1) is 11.3 Å². The van der Waals surface area contributed by atoms with Gasteiger partial charge in [0, 0.05) is 31.3 Å². The van der Waals surface area contributed by atoms with Crippen molar-refractivity contribution in [3.8, 4) is 17.2 Å². The van der Waals surface area contributed by atoms with Crippen LogP contribution >= 0.6 is 11.3 Å². The Balaban J connectivity index is 1.84. The summed E-state index contributed by atoms with van der Waals surface area (Å²) in [6.07, 6.45) is 0. The Morgan fingerprint density at radius 2 is 1.75 bits per heavy atom. The van der Waals surface area contributed by atoms with E-state index in [2.05, 4.69) is 10.6 Å². The fourth-order valence-electron chi connectivity index (χ4n) is 2.21. The van der Waals surface area contributed by atoms with Gasteiger partial charge in [-0.05, 0) is 17.5 Å². The van der Waals surface area contributed by atoms with Gasteiger partial charge in [-0.1, -0.05) is 6.07 Å². The number of carbonyl (C=O) groups is 1. The first-order chi connectivity index (χ1) is 11.7. The Morgan fingerprint density at radius 3 is 2.38 bits per heavy atom. The molecule has 130 valence electrons. The molecule has 2 rings (SSSR count). The SMILES string of the molecule is COc1cc(OC)c(OC)cc1CNCCNC(=O)c1cccs1. The van der Waals surface area contributed by atoms with Gasteiger partial charge in [0.15, 0.2) is 11.5 Å². The van der Waals surface area contributed by atoms with Crippen LogP contribution in [0.5, 0.6) is 17.2 Å². The molecular formula is C17H22N2O4S. The van der Waals surface area contributed by atoms with Crippen molar-refractivity contribution in [3.63, 3.8) is 0 Å². The van der Waals surface area contributed by atoms with Gasteiger partial charge in [0.05, 0.1) is 26.2 Å². The Hall–Kier alpha value is -2.25. The lowest BCUT2D eigenvalue weighted by molar-refractivity contribution is 0.0958. The maximum Gasteiger partial charge on any atom is 0.261 e. The smallest absolute Gasteiger partial charge is 0.261 e. The van der Waals surface area contributed by atoms with Gasteiger partial charge in [0.2, 0.25) is 0 Å². The minimum atomic E-state index is -0.0458. The second kappa shape index (κ2) is 9.14. The number of hydrogen-bond acceptors (Lipinski definition) is 6. The molecule has 1 heterocycles. The molecule has 0 unspecified atom stereocenters. The molecule has 2 aromatic rings. The van der Waals surface area contributed by atoms with Gasteiger partial charge in [0.1, 0.15) is 5.75 Å². The second-order valence-electron chi connectivity index (χ2n) is 4.93. The highest BCUT2D eigenvalue weighted by molar-refractivity contribution is 7.12. The Kier molecular flexibility index (Phi) is 6.89. The van der Waals surface area contributed by atoms with Crippen molar-refractivity contribution in [1.29, 1.82) is 0 Å². The van der Waals surface area contributed by atoms with Gasteiger partial charge < -0.3 is 24.8 Å². The lowest BCUT2D eigenvalue weighted by Crippen LogP contribution is -2.31. The van der Waals surface area contributed by atoms with E-state index in [9.17, 15) is 4.79 Å². The van der Waals surface area contributed by atoms with Gasteiger partial charge >= 0.3 is 0 Å². The molecule has 6 nitrogen and oxygen atoms in total. The van der Waals surface area contributed by atoms with Crippen molar-refractivity contribution < 1.29 is 19.0 Å². The summed E-state index contributed by atoms with van der Waals surface area (Å²) in [6, 6.07) is 7.35. The number of thiophene rings is 1. The van der Waals surface area contributed by atoms with Crippen LogP contribution in [-0.2, 0) is 6.54 Å². The summed E-state index contributed by atoms with van der Waals surface area (Å²) in [4.78, 5) is 12.5. The predicted molar refractivity (Wildman–Crippen MR) is 94.5 cm³/mol. The molecule has 0 atom stereocenters. The highest BCUT2D eigenvalue weighted by Crippen LogP contribution is 2.34. The Bertz CT molecular complexity index is 659. The summed E-state index contributed by atoms with van der Waals surface area (Å²) >= 11 is 1.43. The molecule has 24 heavy (non-hydrogen) atoms. The van der Waals surface area contributed by atoms with Gasteiger partial charge in [-0.3, -0.25) is 4.79 Å². The van der Waals surface area contributed by atoms with Gasteiger partial charge in [-0.2, -0.15) is 0 Å². The number of rotatable bonds is 9.